The van der Waals surface area contributed by atoms with E-state index in [-0.39, 0.29) is 18.9 Å². The molecule has 180 valence electrons. The monoisotopic (exact) mass is 454 g/mol. The Morgan fingerprint density at radius 3 is 2.42 bits per heavy atom. The molecule has 0 spiro atoms. The fourth-order valence-electron chi connectivity index (χ4n) is 3.92. The highest BCUT2D eigenvalue weighted by Gasteiger charge is 2.15. The van der Waals surface area contributed by atoms with E-state index in [2.05, 4.69) is 37.9 Å². The minimum atomic E-state index is -0.795. The third-order valence-electron chi connectivity index (χ3n) is 5.64. The van der Waals surface area contributed by atoms with Crippen molar-refractivity contribution in [1.82, 2.24) is 10.2 Å². The van der Waals surface area contributed by atoms with Crippen LogP contribution in [0.25, 0.3) is 10.8 Å². The molecule has 2 aromatic rings. The first kappa shape index (κ1) is 26.4. The number of carboxylic acid groups (broad SMARTS) is 1. The number of benzene rings is 2. The van der Waals surface area contributed by atoms with Gasteiger partial charge in [0.05, 0.1) is 5.57 Å². The molecule has 0 aromatic heterocycles. The van der Waals surface area contributed by atoms with E-state index in [0.29, 0.717) is 43.5 Å². The van der Waals surface area contributed by atoms with Gasteiger partial charge in [0.15, 0.2) is 0 Å². The fraction of sp³-hybridized carbons (Fsp3) is 0.481. The van der Waals surface area contributed by atoms with Gasteiger partial charge in [0, 0.05) is 37.0 Å². The Kier molecular flexibility index (Phi) is 10.9. The lowest BCUT2D eigenvalue weighted by Crippen LogP contribution is -2.43. The Balaban J connectivity index is 2.03. The number of amides is 1. The first-order valence-electron chi connectivity index (χ1n) is 11.8. The largest absolute Gasteiger partial charge is 0.488 e. The molecule has 0 aliphatic rings. The summed E-state index contributed by atoms with van der Waals surface area (Å²) in [6, 6.07) is 14.7. The van der Waals surface area contributed by atoms with Crippen LogP contribution in [0.3, 0.4) is 0 Å². The number of rotatable bonds is 14. The molecule has 0 unspecified atom stereocenters. The van der Waals surface area contributed by atoms with Crippen LogP contribution in [0.5, 0.6) is 5.75 Å². The minimum absolute atomic E-state index is 0.138. The molecule has 2 aromatic carbocycles. The molecule has 2 N–H and O–H groups in total. The summed E-state index contributed by atoms with van der Waals surface area (Å²) < 4.78 is 6.07. The Bertz CT molecular complexity index is 923. The Morgan fingerprint density at radius 1 is 1.03 bits per heavy atom. The van der Waals surface area contributed by atoms with Gasteiger partial charge in [-0.05, 0) is 58.4 Å². The van der Waals surface area contributed by atoms with E-state index < -0.39 is 5.97 Å². The Morgan fingerprint density at radius 2 is 1.73 bits per heavy atom. The molecule has 0 saturated carbocycles. The number of carboxylic acids is 1. The van der Waals surface area contributed by atoms with Gasteiger partial charge < -0.3 is 15.2 Å². The van der Waals surface area contributed by atoms with Crippen molar-refractivity contribution in [3.63, 3.8) is 0 Å². The molecule has 6 heteroatoms. The summed E-state index contributed by atoms with van der Waals surface area (Å²) in [5, 5.41) is 13.9. The zero-order chi connectivity index (χ0) is 24.2. The topological polar surface area (TPSA) is 78.9 Å². The number of hydrogen-bond donors (Lipinski definition) is 2. The van der Waals surface area contributed by atoms with Crippen LogP contribution in [0, 0.1) is 0 Å². The number of nitrogens with zero attached hydrogens (tertiary/aromatic N) is 1. The molecule has 0 aliphatic heterocycles. The maximum Gasteiger partial charge on any atom is 0.303 e. The number of carbonyl (C=O) groups is 2. The third kappa shape index (κ3) is 8.89. The molecule has 6 nitrogen and oxygen atoms in total. The average molecular weight is 455 g/mol. The second-order valence-electron chi connectivity index (χ2n) is 8.82. The van der Waals surface area contributed by atoms with Crippen LogP contribution < -0.4 is 10.1 Å². The standard InChI is InChI=1S/C27H38N2O4/c1-20(2)29(21(3)4)18-17-28-27(32)23(12-6-5-7-16-26(30)31)19-33-25-15-10-13-22-11-8-9-14-24(22)25/h8-15,20-21H,5-7,16-19H2,1-4H3,(H,28,32)(H,30,31). The molecule has 0 saturated heterocycles. The molecular formula is C27H38N2O4. The molecule has 33 heavy (non-hydrogen) atoms. The lowest BCUT2D eigenvalue weighted by molar-refractivity contribution is -0.137. The maximum absolute atomic E-state index is 12.9. The van der Waals surface area contributed by atoms with Crippen molar-refractivity contribution in [3.05, 3.63) is 54.1 Å². The number of aliphatic carboxylic acids is 1. The Hall–Kier alpha value is -2.86. The number of fused-ring (bicyclic) bond motifs is 1. The van der Waals surface area contributed by atoms with Crippen LogP contribution in [0.2, 0.25) is 0 Å². The molecule has 0 radical (unpaired) electrons. The van der Waals surface area contributed by atoms with Crippen molar-refractivity contribution in [2.75, 3.05) is 19.7 Å². The average Bonchev–Trinajstić information content (AvgIpc) is 2.77. The second kappa shape index (κ2) is 13.6. The summed E-state index contributed by atoms with van der Waals surface area (Å²) in [4.78, 5) is 26.0. The number of carbonyl (C=O) groups excluding carboxylic acids is 1. The molecule has 1 amide bonds. The van der Waals surface area contributed by atoms with Gasteiger partial charge in [-0.3, -0.25) is 14.5 Å². The summed E-state index contributed by atoms with van der Waals surface area (Å²) in [5.41, 5.74) is 0.568. The van der Waals surface area contributed by atoms with Crippen molar-refractivity contribution < 1.29 is 19.4 Å². The predicted molar refractivity (Wildman–Crippen MR) is 134 cm³/mol. The van der Waals surface area contributed by atoms with E-state index in [0.717, 1.165) is 23.1 Å². The van der Waals surface area contributed by atoms with E-state index in [1.54, 1.807) is 0 Å². The molecule has 0 bridgehead atoms. The minimum Gasteiger partial charge on any atom is -0.488 e. The maximum atomic E-state index is 12.9. The quantitative estimate of drug-likeness (QED) is 0.309. The molecule has 2 rings (SSSR count). The normalized spacial score (nSPS) is 12.0. The molecular weight excluding hydrogens is 416 g/mol. The SMILES string of the molecule is CC(C)N(CCNC(=O)C(=CCCCCC(=O)O)COc1cccc2ccccc12)C(C)C. The van der Waals surface area contributed by atoms with E-state index in [1.807, 2.05) is 48.5 Å². The van der Waals surface area contributed by atoms with Gasteiger partial charge in [0.1, 0.15) is 12.4 Å². The van der Waals surface area contributed by atoms with Gasteiger partial charge in [-0.2, -0.15) is 0 Å². The van der Waals surface area contributed by atoms with Crippen LogP contribution in [-0.4, -0.2) is 53.7 Å². The van der Waals surface area contributed by atoms with Crippen LogP contribution in [0.1, 0.15) is 53.4 Å². The highest BCUT2D eigenvalue weighted by molar-refractivity contribution is 5.94. The predicted octanol–water partition coefficient (Wildman–Crippen LogP) is 5.03. The first-order chi connectivity index (χ1) is 15.8. The number of hydrogen-bond acceptors (Lipinski definition) is 4. The molecule has 0 fully saturated rings. The van der Waals surface area contributed by atoms with Gasteiger partial charge in [-0.25, -0.2) is 0 Å². The van der Waals surface area contributed by atoms with Crippen LogP contribution in [0.15, 0.2) is 54.1 Å². The first-order valence-corrected chi connectivity index (χ1v) is 11.8. The summed E-state index contributed by atoms with van der Waals surface area (Å²) in [7, 11) is 0. The summed E-state index contributed by atoms with van der Waals surface area (Å²) in [6.07, 6.45) is 3.96. The number of unbranched alkanes of at least 4 members (excludes halogenated alkanes) is 2. The van der Waals surface area contributed by atoms with E-state index >= 15 is 0 Å². The van der Waals surface area contributed by atoms with Crippen molar-refractivity contribution in [2.24, 2.45) is 0 Å². The van der Waals surface area contributed by atoms with E-state index in [4.69, 9.17) is 9.84 Å². The van der Waals surface area contributed by atoms with Gasteiger partial charge >= 0.3 is 5.97 Å². The summed E-state index contributed by atoms with van der Waals surface area (Å²) in [5.74, 6) is -0.194. The number of allylic oxidation sites excluding steroid dienone is 1. The van der Waals surface area contributed by atoms with Crippen LogP contribution in [-0.2, 0) is 9.59 Å². The smallest absolute Gasteiger partial charge is 0.303 e. The number of nitrogens with one attached hydrogen (secondary N) is 1. The zero-order valence-corrected chi connectivity index (χ0v) is 20.3. The van der Waals surface area contributed by atoms with Crippen molar-refractivity contribution in [3.8, 4) is 5.75 Å². The van der Waals surface area contributed by atoms with Crippen molar-refractivity contribution in [2.45, 2.75) is 65.5 Å². The second-order valence-corrected chi connectivity index (χ2v) is 8.82. The number of ether oxygens (including phenoxy) is 1. The fourth-order valence-corrected chi connectivity index (χ4v) is 3.92. The summed E-state index contributed by atoms with van der Waals surface area (Å²) >= 11 is 0. The van der Waals surface area contributed by atoms with E-state index in [9.17, 15) is 9.59 Å². The van der Waals surface area contributed by atoms with Crippen molar-refractivity contribution in [1.29, 1.82) is 0 Å². The highest BCUT2D eigenvalue weighted by Crippen LogP contribution is 2.25. The van der Waals surface area contributed by atoms with E-state index in [1.165, 1.54) is 0 Å². The zero-order valence-electron chi connectivity index (χ0n) is 20.3. The third-order valence-corrected chi connectivity index (χ3v) is 5.64. The van der Waals surface area contributed by atoms with Gasteiger partial charge in [-0.15, -0.1) is 0 Å². The molecule has 0 aliphatic carbocycles. The summed E-state index contributed by atoms with van der Waals surface area (Å²) in [6.45, 7) is 10.1. The van der Waals surface area contributed by atoms with Gasteiger partial charge in [0.25, 0.3) is 0 Å². The Labute approximate surface area is 197 Å². The van der Waals surface area contributed by atoms with Crippen LogP contribution >= 0.6 is 0 Å². The molecule has 0 heterocycles. The lowest BCUT2D eigenvalue weighted by Gasteiger charge is -2.30. The van der Waals surface area contributed by atoms with Crippen molar-refractivity contribution >= 4 is 22.6 Å². The van der Waals surface area contributed by atoms with Gasteiger partial charge in [0.2, 0.25) is 5.91 Å². The van der Waals surface area contributed by atoms with Gasteiger partial charge in [-0.1, -0.05) is 42.5 Å². The van der Waals surface area contributed by atoms with Crippen LogP contribution in [0.4, 0.5) is 0 Å². The molecule has 0 atom stereocenters. The lowest BCUT2D eigenvalue weighted by atomic mass is 10.1. The highest BCUT2D eigenvalue weighted by atomic mass is 16.5.